The molecule has 3 saturated carbocycles. The van der Waals surface area contributed by atoms with E-state index in [2.05, 4.69) is 36.1 Å². The minimum Gasteiger partial charge on any atom is -0.385 e. The third-order valence-electron chi connectivity index (χ3n) is 11.0. The van der Waals surface area contributed by atoms with Crippen molar-refractivity contribution < 1.29 is 19.4 Å². The molecule has 1 aromatic carbocycles. The number of piperidine rings is 1. The minimum atomic E-state index is -0.850. The van der Waals surface area contributed by atoms with Crippen molar-refractivity contribution in [2.75, 3.05) is 31.2 Å². The molecule has 0 bridgehead atoms. The van der Waals surface area contributed by atoms with E-state index in [0.29, 0.717) is 37.3 Å². The fourth-order valence-corrected chi connectivity index (χ4v) is 9.15. The van der Waals surface area contributed by atoms with E-state index < -0.39 is 11.4 Å². The Morgan fingerprint density at radius 3 is 2.47 bits per heavy atom. The van der Waals surface area contributed by atoms with Crippen LogP contribution in [-0.4, -0.2) is 48.6 Å². The lowest BCUT2D eigenvalue weighted by molar-refractivity contribution is -0.208. The molecule has 5 heteroatoms. The standard InChI is InChI=1S/C31H41NO4/c1-29-19-24(21-5-7-22(8-6-21)32-15-3-2-4-16-32)28-23(25(29)9-10-27(29)33)11-13-30(34)20-31(14-12-26(28)30)35-17-18-36-31/h5-8,23-25,34H,2-4,9-20H2,1H3/t23-,24+,25-,29-,30+/m0/s1. The molecule has 0 amide bonds. The monoisotopic (exact) mass is 491 g/mol. The number of anilines is 1. The number of hydrogen-bond acceptors (Lipinski definition) is 5. The molecule has 7 rings (SSSR count). The highest BCUT2D eigenvalue weighted by Crippen LogP contribution is 2.64. The summed E-state index contributed by atoms with van der Waals surface area (Å²) in [6, 6.07) is 9.25. The Morgan fingerprint density at radius 1 is 0.972 bits per heavy atom. The van der Waals surface area contributed by atoms with Crippen LogP contribution in [0.15, 0.2) is 35.4 Å². The molecule has 0 radical (unpaired) electrons. The zero-order valence-corrected chi connectivity index (χ0v) is 21.8. The molecule has 36 heavy (non-hydrogen) atoms. The highest BCUT2D eigenvalue weighted by Gasteiger charge is 2.60. The molecular weight excluding hydrogens is 450 g/mol. The van der Waals surface area contributed by atoms with E-state index in [1.165, 1.54) is 41.7 Å². The summed E-state index contributed by atoms with van der Waals surface area (Å²) in [5, 5.41) is 12.1. The fourth-order valence-electron chi connectivity index (χ4n) is 9.15. The number of aliphatic hydroxyl groups is 1. The summed E-state index contributed by atoms with van der Waals surface area (Å²) in [4.78, 5) is 15.8. The number of ether oxygens (including phenoxy) is 2. The van der Waals surface area contributed by atoms with Gasteiger partial charge in [-0.15, -0.1) is 0 Å². The van der Waals surface area contributed by atoms with E-state index in [4.69, 9.17) is 9.47 Å². The number of Topliss-reactive ketones (excluding diaryl/α,β-unsaturated/α-hetero) is 1. The SMILES string of the molecule is C[C@]12C[C@H](c3ccc(N4CCCCC4)cc3)C3=C4CCC5(C[C@]4(O)CC[C@H]3[C@@H]1CCC2=O)OCCO5. The first kappa shape index (κ1) is 23.4. The molecule has 2 heterocycles. The maximum atomic E-state index is 13.3. The van der Waals surface area contributed by atoms with Crippen LogP contribution in [0.25, 0.3) is 0 Å². The molecule has 5 atom stereocenters. The van der Waals surface area contributed by atoms with Crippen molar-refractivity contribution in [1.29, 1.82) is 0 Å². The van der Waals surface area contributed by atoms with Gasteiger partial charge in [0, 0.05) is 49.4 Å². The number of benzene rings is 1. The van der Waals surface area contributed by atoms with Gasteiger partial charge >= 0.3 is 0 Å². The van der Waals surface area contributed by atoms with Gasteiger partial charge in [-0.2, -0.15) is 0 Å². The third-order valence-corrected chi connectivity index (χ3v) is 11.0. The normalized spacial score (nSPS) is 39.8. The maximum Gasteiger partial charge on any atom is 0.171 e. The second kappa shape index (κ2) is 8.41. The molecule has 1 aromatic rings. The van der Waals surface area contributed by atoms with Gasteiger partial charge in [-0.3, -0.25) is 4.79 Å². The summed E-state index contributed by atoms with van der Waals surface area (Å²) in [5.41, 5.74) is 4.28. The van der Waals surface area contributed by atoms with Gasteiger partial charge in [-0.25, -0.2) is 0 Å². The van der Waals surface area contributed by atoms with Gasteiger partial charge < -0.3 is 19.5 Å². The van der Waals surface area contributed by atoms with E-state index in [-0.39, 0.29) is 11.3 Å². The van der Waals surface area contributed by atoms with Crippen molar-refractivity contribution in [3.63, 3.8) is 0 Å². The number of ketones is 1. The minimum absolute atomic E-state index is 0.204. The van der Waals surface area contributed by atoms with E-state index in [1.807, 2.05) is 0 Å². The number of rotatable bonds is 2. The largest absolute Gasteiger partial charge is 0.385 e. The summed E-state index contributed by atoms with van der Waals surface area (Å²) in [7, 11) is 0. The molecule has 0 aromatic heterocycles. The molecule has 5 nitrogen and oxygen atoms in total. The van der Waals surface area contributed by atoms with Gasteiger partial charge in [0.15, 0.2) is 5.79 Å². The number of fused-ring (bicyclic) bond motifs is 4. The van der Waals surface area contributed by atoms with Gasteiger partial charge in [-0.1, -0.05) is 24.6 Å². The molecule has 0 unspecified atom stereocenters. The van der Waals surface area contributed by atoms with Crippen LogP contribution in [0.2, 0.25) is 0 Å². The highest BCUT2D eigenvalue weighted by molar-refractivity contribution is 5.87. The number of allylic oxidation sites excluding steroid dienone is 1. The van der Waals surface area contributed by atoms with Crippen LogP contribution in [-0.2, 0) is 14.3 Å². The molecule has 1 N–H and O–H groups in total. The van der Waals surface area contributed by atoms with Crippen LogP contribution < -0.4 is 4.90 Å². The lowest BCUT2D eigenvalue weighted by atomic mass is 9.51. The van der Waals surface area contributed by atoms with Crippen molar-refractivity contribution in [3.8, 4) is 0 Å². The first-order chi connectivity index (χ1) is 17.4. The number of hydrogen-bond donors (Lipinski definition) is 1. The smallest absolute Gasteiger partial charge is 0.171 e. The predicted octanol–water partition coefficient (Wildman–Crippen LogP) is 5.51. The molecule has 2 aliphatic heterocycles. The van der Waals surface area contributed by atoms with E-state index in [9.17, 15) is 9.90 Å². The van der Waals surface area contributed by atoms with Crippen molar-refractivity contribution in [2.45, 2.75) is 94.9 Å². The summed E-state index contributed by atoms with van der Waals surface area (Å²) >= 11 is 0. The fraction of sp³-hybridized carbons (Fsp3) is 0.710. The zero-order chi connectivity index (χ0) is 24.5. The van der Waals surface area contributed by atoms with Crippen LogP contribution in [0, 0.1) is 17.3 Å². The average Bonchev–Trinajstić information content (AvgIpc) is 3.47. The van der Waals surface area contributed by atoms with Crippen molar-refractivity contribution in [2.24, 2.45) is 17.3 Å². The number of carbonyl (C=O) groups is 1. The quantitative estimate of drug-likeness (QED) is 0.553. The molecule has 1 spiro atoms. The molecule has 4 aliphatic carbocycles. The topological polar surface area (TPSA) is 59.0 Å². The van der Waals surface area contributed by atoms with E-state index in [0.717, 1.165) is 58.0 Å². The highest BCUT2D eigenvalue weighted by atomic mass is 16.7. The van der Waals surface area contributed by atoms with Crippen LogP contribution in [0.3, 0.4) is 0 Å². The Hall–Kier alpha value is -1.69. The maximum absolute atomic E-state index is 13.3. The lowest BCUT2D eigenvalue weighted by Gasteiger charge is -2.55. The van der Waals surface area contributed by atoms with Crippen molar-refractivity contribution in [3.05, 3.63) is 41.0 Å². The first-order valence-corrected chi connectivity index (χ1v) is 14.5. The Bertz CT molecular complexity index is 1070. The van der Waals surface area contributed by atoms with Gasteiger partial charge in [0.25, 0.3) is 0 Å². The number of carbonyl (C=O) groups excluding carboxylic acids is 1. The first-order valence-electron chi connectivity index (χ1n) is 14.5. The Kier molecular flexibility index (Phi) is 5.47. The van der Waals surface area contributed by atoms with Gasteiger partial charge in [0.05, 0.1) is 18.8 Å². The molecule has 2 saturated heterocycles. The average molecular weight is 492 g/mol. The zero-order valence-electron chi connectivity index (χ0n) is 21.8. The van der Waals surface area contributed by atoms with Gasteiger partial charge in [0.1, 0.15) is 5.78 Å². The summed E-state index contributed by atoms with van der Waals surface area (Å²) in [5.74, 6) is 0.870. The van der Waals surface area contributed by atoms with Crippen molar-refractivity contribution >= 4 is 11.5 Å². The predicted molar refractivity (Wildman–Crippen MR) is 139 cm³/mol. The number of nitrogens with zero attached hydrogens (tertiary/aromatic N) is 1. The van der Waals surface area contributed by atoms with Gasteiger partial charge in [0.2, 0.25) is 0 Å². The summed E-state index contributed by atoms with van der Waals surface area (Å²) in [6.07, 6.45) is 10.4. The summed E-state index contributed by atoms with van der Waals surface area (Å²) < 4.78 is 12.1. The Balaban J connectivity index is 1.29. The molecular formula is C31H41NO4. The van der Waals surface area contributed by atoms with Crippen LogP contribution in [0.5, 0.6) is 0 Å². The lowest BCUT2D eigenvalue weighted by Crippen LogP contribution is -2.53. The second-order valence-corrected chi connectivity index (χ2v) is 12.8. The van der Waals surface area contributed by atoms with E-state index >= 15 is 0 Å². The Labute approximate surface area is 215 Å². The molecule has 6 aliphatic rings. The van der Waals surface area contributed by atoms with Crippen LogP contribution >= 0.6 is 0 Å². The summed E-state index contributed by atoms with van der Waals surface area (Å²) in [6.45, 7) is 5.79. The molecule has 194 valence electrons. The van der Waals surface area contributed by atoms with Gasteiger partial charge in [-0.05, 0) is 86.5 Å². The second-order valence-electron chi connectivity index (χ2n) is 12.8. The van der Waals surface area contributed by atoms with Crippen LogP contribution in [0.4, 0.5) is 5.69 Å². The molecule has 5 fully saturated rings. The Morgan fingerprint density at radius 2 is 1.72 bits per heavy atom. The van der Waals surface area contributed by atoms with E-state index in [1.54, 1.807) is 0 Å². The van der Waals surface area contributed by atoms with Crippen LogP contribution in [0.1, 0.15) is 89.0 Å². The van der Waals surface area contributed by atoms with Crippen molar-refractivity contribution in [1.82, 2.24) is 0 Å². The third kappa shape index (κ3) is 3.49.